The molecule has 5 nitrogen and oxygen atoms in total. The van der Waals surface area contributed by atoms with E-state index in [1.807, 2.05) is 31.2 Å². The lowest BCUT2D eigenvalue weighted by molar-refractivity contribution is -0.111. The van der Waals surface area contributed by atoms with E-state index in [0.717, 1.165) is 16.9 Å². The first-order valence-electron chi connectivity index (χ1n) is 7.62. The van der Waals surface area contributed by atoms with Gasteiger partial charge >= 0.3 is 0 Å². The lowest BCUT2D eigenvalue weighted by atomic mass is 10.1. The van der Waals surface area contributed by atoms with Crippen molar-refractivity contribution in [2.24, 2.45) is 5.73 Å². The first-order chi connectivity index (χ1) is 11.5. The molecule has 5 heteroatoms. The fourth-order valence-electron chi connectivity index (χ4n) is 2.20. The summed E-state index contributed by atoms with van der Waals surface area (Å²) in [7, 11) is 0. The largest absolute Gasteiger partial charge is 0.493 e. The van der Waals surface area contributed by atoms with Crippen LogP contribution in [0.4, 0.5) is 5.69 Å². The van der Waals surface area contributed by atoms with Crippen LogP contribution in [0.3, 0.4) is 0 Å². The van der Waals surface area contributed by atoms with Crippen LogP contribution in [-0.4, -0.2) is 18.4 Å². The van der Waals surface area contributed by atoms with E-state index in [0.29, 0.717) is 17.9 Å². The summed E-state index contributed by atoms with van der Waals surface area (Å²) in [6.07, 6.45) is 3.15. The Bertz CT molecular complexity index is 782. The molecular formula is C19H20N2O3. The van der Waals surface area contributed by atoms with Crippen molar-refractivity contribution < 1.29 is 14.3 Å². The molecule has 0 heterocycles. The van der Waals surface area contributed by atoms with Gasteiger partial charge in [-0.1, -0.05) is 18.2 Å². The topological polar surface area (TPSA) is 81.4 Å². The summed E-state index contributed by atoms with van der Waals surface area (Å²) in [6, 6.07) is 12.4. The average Bonchev–Trinajstić information content (AvgIpc) is 2.56. The standard InChI is InChI=1S/C19H20N2O3/c1-3-24-17-7-5-4-6-14(17)9-11-18(22)21-16-10-8-15(19(20)23)12-13(16)2/h4-12H,3H2,1-2H3,(H2,20,23)(H,21,22)/b11-9+. The number of anilines is 1. The van der Waals surface area contributed by atoms with Crippen molar-refractivity contribution in [3.8, 4) is 5.75 Å². The van der Waals surface area contributed by atoms with Crippen molar-refractivity contribution in [2.75, 3.05) is 11.9 Å². The van der Waals surface area contributed by atoms with Crippen molar-refractivity contribution in [2.45, 2.75) is 13.8 Å². The van der Waals surface area contributed by atoms with Crippen molar-refractivity contribution >= 4 is 23.6 Å². The number of aryl methyl sites for hydroxylation is 1. The van der Waals surface area contributed by atoms with E-state index in [2.05, 4.69) is 5.32 Å². The second-order valence-electron chi connectivity index (χ2n) is 5.19. The van der Waals surface area contributed by atoms with E-state index in [-0.39, 0.29) is 5.91 Å². The summed E-state index contributed by atoms with van der Waals surface area (Å²) in [5, 5.41) is 2.78. The maximum absolute atomic E-state index is 12.1. The number of nitrogens with two attached hydrogens (primary N) is 1. The molecule has 0 spiro atoms. The number of primary amides is 1. The van der Waals surface area contributed by atoms with Crippen LogP contribution in [0.2, 0.25) is 0 Å². The molecular weight excluding hydrogens is 304 g/mol. The minimum atomic E-state index is -0.497. The van der Waals surface area contributed by atoms with Gasteiger partial charge < -0.3 is 15.8 Å². The first-order valence-corrected chi connectivity index (χ1v) is 7.62. The number of benzene rings is 2. The van der Waals surface area contributed by atoms with Gasteiger partial charge in [-0.05, 0) is 49.8 Å². The van der Waals surface area contributed by atoms with Crippen molar-refractivity contribution in [1.82, 2.24) is 0 Å². The molecule has 3 N–H and O–H groups in total. The molecule has 0 saturated carbocycles. The van der Waals surface area contributed by atoms with E-state index in [1.54, 1.807) is 31.2 Å². The van der Waals surface area contributed by atoms with Crippen LogP contribution in [0.5, 0.6) is 5.75 Å². The second-order valence-corrected chi connectivity index (χ2v) is 5.19. The third-order valence-electron chi connectivity index (χ3n) is 3.40. The van der Waals surface area contributed by atoms with Gasteiger partial charge in [0, 0.05) is 22.9 Å². The molecule has 0 bridgehead atoms. The van der Waals surface area contributed by atoms with Crippen LogP contribution >= 0.6 is 0 Å². The molecule has 0 aromatic heterocycles. The van der Waals surface area contributed by atoms with Crippen LogP contribution in [0.25, 0.3) is 6.08 Å². The first kappa shape index (κ1) is 17.3. The summed E-state index contributed by atoms with van der Waals surface area (Å²) in [5.74, 6) is -0.0364. The highest BCUT2D eigenvalue weighted by molar-refractivity contribution is 6.03. The van der Waals surface area contributed by atoms with Gasteiger partial charge in [-0.3, -0.25) is 9.59 Å². The zero-order chi connectivity index (χ0) is 17.5. The number of amides is 2. The second kappa shape index (κ2) is 7.97. The van der Waals surface area contributed by atoms with E-state index >= 15 is 0 Å². The smallest absolute Gasteiger partial charge is 0.248 e. The van der Waals surface area contributed by atoms with E-state index in [1.165, 1.54) is 6.08 Å². The molecule has 24 heavy (non-hydrogen) atoms. The number of ether oxygens (including phenoxy) is 1. The fourth-order valence-corrected chi connectivity index (χ4v) is 2.20. The van der Waals surface area contributed by atoms with Crippen LogP contribution < -0.4 is 15.8 Å². The number of nitrogens with one attached hydrogen (secondary N) is 1. The van der Waals surface area contributed by atoms with Gasteiger partial charge in [0.05, 0.1) is 6.61 Å². The Balaban J connectivity index is 2.10. The van der Waals surface area contributed by atoms with E-state index < -0.39 is 5.91 Å². The van der Waals surface area contributed by atoms with E-state index in [9.17, 15) is 9.59 Å². The molecule has 0 aliphatic rings. The highest BCUT2D eigenvalue weighted by Gasteiger charge is 2.06. The van der Waals surface area contributed by atoms with Gasteiger partial charge in [0.1, 0.15) is 5.75 Å². The number of para-hydroxylation sites is 1. The highest BCUT2D eigenvalue weighted by atomic mass is 16.5. The Hall–Kier alpha value is -3.08. The van der Waals surface area contributed by atoms with Crippen molar-refractivity contribution in [3.63, 3.8) is 0 Å². The van der Waals surface area contributed by atoms with Gasteiger partial charge in [-0.25, -0.2) is 0 Å². The summed E-state index contributed by atoms with van der Waals surface area (Å²) in [6.45, 7) is 4.27. The van der Waals surface area contributed by atoms with Crippen molar-refractivity contribution in [1.29, 1.82) is 0 Å². The molecule has 0 fully saturated rings. The molecule has 2 rings (SSSR count). The Morgan fingerprint density at radius 2 is 1.96 bits per heavy atom. The van der Waals surface area contributed by atoms with Gasteiger partial charge in [0.2, 0.25) is 11.8 Å². The number of hydrogen-bond donors (Lipinski definition) is 2. The minimum absolute atomic E-state index is 0.267. The number of carbonyl (C=O) groups excluding carboxylic acids is 2. The monoisotopic (exact) mass is 324 g/mol. The van der Waals surface area contributed by atoms with Crippen LogP contribution in [0.1, 0.15) is 28.4 Å². The van der Waals surface area contributed by atoms with Gasteiger partial charge in [0.25, 0.3) is 0 Å². The maximum atomic E-state index is 12.1. The Labute approximate surface area is 141 Å². The SMILES string of the molecule is CCOc1ccccc1/C=C/C(=O)Nc1ccc(C(N)=O)cc1C. The quantitative estimate of drug-likeness (QED) is 0.801. The summed E-state index contributed by atoms with van der Waals surface area (Å²) in [4.78, 5) is 23.2. The van der Waals surface area contributed by atoms with E-state index in [4.69, 9.17) is 10.5 Å². The minimum Gasteiger partial charge on any atom is -0.493 e. The van der Waals surface area contributed by atoms with Crippen LogP contribution in [-0.2, 0) is 4.79 Å². The van der Waals surface area contributed by atoms with Crippen molar-refractivity contribution in [3.05, 3.63) is 65.2 Å². The molecule has 0 unspecified atom stereocenters. The average molecular weight is 324 g/mol. The summed E-state index contributed by atoms with van der Waals surface area (Å²) in [5.41, 5.74) is 7.87. The summed E-state index contributed by atoms with van der Waals surface area (Å²) >= 11 is 0. The molecule has 2 aromatic carbocycles. The predicted molar refractivity (Wildman–Crippen MR) is 95.0 cm³/mol. The molecule has 2 aromatic rings. The number of rotatable bonds is 6. The Kier molecular flexibility index (Phi) is 5.73. The van der Waals surface area contributed by atoms with Gasteiger partial charge in [-0.15, -0.1) is 0 Å². The Morgan fingerprint density at radius 1 is 1.21 bits per heavy atom. The summed E-state index contributed by atoms with van der Waals surface area (Å²) < 4.78 is 5.52. The normalized spacial score (nSPS) is 10.6. The molecule has 0 aliphatic heterocycles. The molecule has 0 aliphatic carbocycles. The highest BCUT2D eigenvalue weighted by Crippen LogP contribution is 2.20. The molecule has 2 amide bonds. The van der Waals surface area contributed by atoms with Gasteiger partial charge in [-0.2, -0.15) is 0 Å². The lowest BCUT2D eigenvalue weighted by Gasteiger charge is -2.08. The maximum Gasteiger partial charge on any atom is 0.248 e. The number of hydrogen-bond acceptors (Lipinski definition) is 3. The van der Waals surface area contributed by atoms with Gasteiger partial charge in [0.15, 0.2) is 0 Å². The zero-order valence-electron chi connectivity index (χ0n) is 13.7. The molecule has 124 valence electrons. The molecule has 0 radical (unpaired) electrons. The van der Waals surface area contributed by atoms with Crippen LogP contribution in [0.15, 0.2) is 48.5 Å². The molecule has 0 atom stereocenters. The third kappa shape index (κ3) is 4.46. The Morgan fingerprint density at radius 3 is 2.62 bits per heavy atom. The lowest BCUT2D eigenvalue weighted by Crippen LogP contribution is -2.13. The van der Waals surface area contributed by atoms with Crippen LogP contribution in [0, 0.1) is 6.92 Å². The zero-order valence-corrected chi connectivity index (χ0v) is 13.7. The fraction of sp³-hybridized carbons (Fsp3) is 0.158. The third-order valence-corrected chi connectivity index (χ3v) is 3.40. The predicted octanol–water partition coefficient (Wildman–Crippen LogP) is 3.14. The number of carbonyl (C=O) groups is 2. The molecule has 0 saturated heterocycles.